The minimum atomic E-state index is -0.250. The Hall–Kier alpha value is -0.580. The van der Waals surface area contributed by atoms with E-state index in [0.29, 0.717) is 7.92 Å². The van der Waals surface area contributed by atoms with Gasteiger partial charge in [-0.25, -0.2) is 0 Å². The molecule has 2 aliphatic rings. The number of hydrogen-bond donors (Lipinski definition) is 2. The monoisotopic (exact) mass is 315 g/mol. The maximum absolute atomic E-state index is 8.36. The summed E-state index contributed by atoms with van der Waals surface area (Å²) in [5.41, 5.74) is 0. The highest BCUT2D eigenvalue weighted by Crippen LogP contribution is 2.41. The van der Waals surface area contributed by atoms with Gasteiger partial charge in [0.25, 0.3) is 6.47 Å². The highest BCUT2D eigenvalue weighted by molar-refractivity contribution is 7.55. The molecular weight excluding hydrogens is 281 g/mol. The lowest BCUT2D eigenvalue weighted by Gasteiger charge is -2.40. The number of carbonyl (C=O) groups is 1. The molecule has 4 heteroatoms. The van der Waals surface area contributed by atoms with Crippen LogP contribution in [0, 0.1) is 30.6 Å². The van der Waals surface area contributed by atoms with Crippen molar-refractivity contribution in [1.82, 2.24) is 5.32 Å². The molecule has 2 rings (SSSR count). The zero-order valence-corrected chi connectivity index (χ0v) is 15.1. The molecular formula is C17H34NO2P. The predicted octanol–water partition coefficient (Wildman–Crippen LogP) is 3.73. The van der Waals surface area contributed by atoms with E-state index in [1.807, 2.05) is 13.8 Å². The number of terminal acetylenes is 1. The van der Waals surface area contributed by atoms with E-state index < -0.39 is 0 Å². The van der Waals surface area contributed by atoms with Crippen LogP contribution in [0.3, 0.4) is 0 Å². The molecule has 124 valence electrons. The van der Waals surface area contributed by atoms with E-state index in [1.165, 1.54) is 38.5 Å². The molecule has 1 aliphatic heterocycles. The Bertz CT molecular complexity index is 256. The van der Waals surface area contributed by atoms with Gasteiger partial charge in [0.15, 0.2) is 0 Å². The quantitative estimate of drug-likeness (QED) is 0.464. The van der Waals surface area contributed by atoms with E-state index in [-0.39, 0.29) is 6.47 Å². The maximum atomic E-state index is 8.36. The summed E-state index contributed by atoms with van der Waals surface area (Å²) in [6, 6.07) is 0. The van der Waals surface area contributed by atoms with Crippen molar-refractivity contribution < 1.29 is 9.90 Å². The van der Waals surface area contributed by atoms with E-state index in [9.17, 15) is 0 Å². The summed E-state index contributed by atoms with van der Waals surface area (Å²) in [7, 11) is 0.336. The molecule has 0 amide bonds. The number of hydrogen-bond acceptors (Lipinski definition) is 2. The Labute approximate surface area is 133 Å². The van der Waals surface area contributed by atoms with Gasteiger partial charge in [-0.1, -0.05) is 13.8 Å². The van der Waals surface area contributed by atoms with Crippen LogP contribution in [0.5, 0.6) is 0 Å². The van der Waals surface area contributed by atoms with Gasteiger partial charge in [-0.2, -0.15) is 0 Å². The minimum Gasteiger partial charge on any atom is -0.483 e. The van der Waals surface area contributed by atoms with E-state index >= 15 is 0 Å². The van der Waals surface area contributed by atoms with Crippen molar-refractivity contribution >= 4 is 14.4 Å². The van der Waals surface area contributed by atoms with Crippen LogP contribution in [0.4, 0.5) is 0 Å². The van der Waals surface area contributed by atoms with E-state index in [2.05, 4.69) is 31.5 Å². The second-order valence-corrected chi connectivity index (χ2v) is 8.08. The second-order valence-electron chi connectivity index (χ2n) is 5.56. The maximum Gasteiger partial charge on any atom is 0.290 e. The van der Waals surface area contributed by atoms with Crippen molar-refractivity contribution in [3.63, 3.8) is 0 Å². The fourth-order valence-corrected chi connectivity index (χ4v) is 4.67. The normalized spacial score (nSPS) is 26.5. The van der Waals surface area contributed by atoms with Gasteiger partial charge < -0.3 is 10.4 Å². The summed E-state index contributed by atoms with van der Waals surface area (Å²) in [5, 5.41) is 10.4. The zero-order valence-electron chi connectivity index (χ0n) is 14.2. The fraction of sp³-hybridized carbons (Fsp3) is 0.824. The largest absolute Gasteiger partial charge is 0.483 e. The molecule has 1 heterocycles. The molecule has 0 bridgehead atoms. The van der Waals surface area contributed by atoms with Gasteiger partial charge in [0.05, 0.1) is 0 Å². The summed E-state index contributed by atoms with van der Waals surface area (Å²) in [4.78, 5) is 8.36. The van der Waals surface area contributed by atoms with Crippen LogP contribution >= 0.6 is 7.92 Å². The summed E-state index contributed by atoms with van der Waals surface area (Å²) in [6.45, 7) is 11.2. The molecule has 21 heavy (non-hydrogen) atoms. The summed E-state index contributed by atoms with van der Waals surface area (Å²) >= 11 is 0. The van der Waals surface area contributed by atoms with Crippen molar-refractivity contribution in [1.29, 1.82) is 0 Å². The molecule has 3 atom stereocenters. The minimum absolute atomic E-state index is 0.250. The summed E-state index contributed by atoms with van der Waals surface area (Å²) in [6.07, 6.45) is 15.6. The van der Waals surface area contributed by atoms with Crippen molar-refractivity contribution in [2.24, 2.45) is 17.8 Å². The number of fused-ring (bicyclic) bond motifs is 1. The smallest absolute Gasteiger partial charge is 0.290 e. The molecule has 3 nitrogen and oxygen atoms in total. The van der Waals surface area contributed by atoms with Crippen LogP contribution in [0.15, 0.2) is 0 Å². The van der Waals surface area contributed by atoms with E-state index in [0.717, 1.165) is 17.8 Å². The van der Waals surface area contributed by atoms with Gasteiger partial charge >= 0.3 is 0 Å². The molecule has 2 N–H and O–H groups in total. The molecule has 0 aromatic carbocycles. The first-order chi connectivity index (χ1) is 10.2. The molecule has 1 aliphatic carbocycles. The number of rotatable bonds is 2. The molecule has 1 saturated carbocycles. The van der Waals surface area contributed by atoms with Crippen LogP contribution in [-0.2, 0) is 4.79 Å². The third kappa shape index (κ3) is 10.7. The topological polar surface area (TPSA) is 49.3 Å². The average molecular weight is 315 g/mol. The number of piperidine rings is 1. The Balaban J connectivity index is 0. The Morgan fingerprint density at radius 2 is 1.76 bits per heavy atom. The molecule has 0 aromatic heterocycles. The highest BCUT2D eigenvalue weighted by Gasteiger charge is 2.31. The SMILES string of the molecule is C#C.CC.CP(C)CC1CCC2CNCCC2C1.O=CO. The van der Waals surface area contributed by atoms with Gasteiger partial charge in [-0.3, -0.25) is 4.79 Å². The zero-order chi connectivity index (χ0) is 16.7. The summed E-state index contributed by atoms with van der Waals surface area (Å²) in [5.74, 6) is 3.18. The van der Waals surface area contributed by atoms with Gasteiger partial charge in [0, 0.05) is 0 Å². The third-order valence-electron chi connectivity index (χ3n) is 3.97. The van der Waals surface area contributed by atoms with Crippen LogP contribution < -0.4 is 5.32 Å². The van der Waals surface area contributed by atoms with Crippen molar-refractivity contribution in [3.05, 3.63) is 0 Å². The van der Waals surface area contributed by atoms with Crippen molar-refractivity contribution in [2.45, 2.75) is 39.5 Å². The van der Waals surface area contributed by atoms with Crippen molar-refractivity contribution in [2.75, 3.05) is 32.6 Å². The third-order valence-corrected chi connectivity index (χ3v) is 5.22. The predicted molar refractivity (Wildman–Crippen MR) is 95.4 cm³/mol. The fourth-order valence-electron chi connectivity index (χ4n) is 3.30. The average Bonchev–Trinajstić information content (AvgIpc) is 2.51. The van der Waals surface area contributed by atoms with Crippen LogP contribution in [0.25, 0.3) is 0 Å². The lowest BCUT2D eigenvalue weighted by Crippen LogP contribution is -2.40. The van der Waals surface area contributed by atoms with E-state index in [1.54, 1.807) is 6.42 Å². The Morgan fingerprint density at radius 1 is 1.19 bits per heavy atom. The van der Waals surface area contributed by atoms with Gasteiger partial charge in [0.1, 0.15) is 0 Å². The molecule has 2 fully saturated rings. The molecule has 3 unspecified atom stereocenters. The molecule has 1 saturated heterocycles. The Kier molecular flexibility index (Phi) is 17.1. The number of carboxylic acid groups (broad SMARTS) is 1. The highest BCUT2D eigenvalue weighted by atomic mass is 31.1. The lowest BCUT2D eigenvalue weighted by atomic mass is 9.72. The van der Waals surface area contributed by atoms with Crippen molar-refractivity contribution in [3.8, 4) is 12.8 Å². The molecule has 0 spiro atoms. The standard InChI is InChI=1S/C12H24NP.C2H6.C2H2.CH2O2/c1-14(2)9-10-3-4-12-8-13-6-5-11(12)7-10;2*1-2;2-1-3/h10-13H,3-9H2,1-2H3;1-2H3;1-2H;1H,(H,2,3). The first-order valence-electron chi connectivity index (χ1n) is 7.94. The van der Waals surface area contributed by atoms with Gasteiger partial charge in [0.2, 0.25) is 0 Å². The first kappa shape index (κ1) is 22.7. The van der Waals surface area contributed by atoms with Crippen LogP contribution in [0.2, 0.25) is 0 Å². The van der Waals surface area contributed by atoms with E-state index in [4.69, 9.17) is 9.90 Å². The first-order valence-corrected chi connectivity index (χ1v) is 10.4. The molecule has 0 radical (unpaired) electrons. The van der Waals surface area contributed by atoms with Gasteiger partial charge in [-0.05, 0) is 76.0 Å². The van der Waals surface area contributed by atoms with Crippen LogP contribution in [0.1, 0.15) is 39.5 Å². The van der Waals surface area contributed by atoms with Crippen LogP contribution in [-0.4, -0.2) is 44.2 Å². The number of nitrogens with one attached hydrogen (secondary N) is 1. The Morgan fingerprint density at radius 3 is 2.29 bits per heavy atom. The lowest BCUT2D eigenvalue weighted by molar-refractivity contribution is -0.122. The van der Waals surface area contributed by atoms with Gasteiger partial charge in [-0.15, -0.1) is 20.8 Å². The molecule has 0 aromatic rings. The summed E-state index contributed by atoms with van der Waals surface area (Å²) < 4.78 is 0. The second kappa shape index (κ2) is 15.8.